The monoisotopic (exact) mass is 247 g/mol. The lowest BCUT2D eigenvalue weighted by molar-refractivity contribution is 0.0683. The molecule has 0 N–H and O–H groups in total. The quantitative estimate of drug-likeness (QED) is 0.822. The number of nitrogens with zero attached hydrogens (tertiary/aromatic N) is 1. The van der Waals surface area contributed by atoms with Crippen molar-refractivity contribution in [3.05, 3.63) is 29.8 Å². The molecule has 0 saturated carbocycles. The molecule has 1 saturated heterocycles. The number of carbonyl (C=O) groups excluding carboxylic acids is 1. The second-order valence-electron chi connectivity index (χ2n) is 4.96. The van der Waals surface area contributed by atoms with E-state index < -0.39 is 0 Å². The van der Waals surface area contributed by atoms with Crippen LogP contribution in [-0.4, -0.2) is 30.5 Å². The molecule has 98 valence electrons. The van der Waals surface area contributed by atoms with Gasteiger partial charge in [-0.1, -0.05) is 6.92 Å². The van der Waals surface area contributed by atoms with E-state index in [0.717, 1.165) is 30.8 Å². The first kappa shape index (κ1) is 12.9. The molecule has 1 atom stereocenters. The summed E-state index contributed by atoms with van der Waals surface area (Å²) < 4.78 is 5.38. The van der Waals surface area contributed by atoms with Crippen LogP contribution in [0.5, 0.6) is 5.75 Å². The van der Waals surface area contributed by atoms with Gasteiger partial charge in [-0.05, 0) is 49.9 Å². The minimum Gasteiger partial charge on any atom is -0.494 e. The van der Waals surface area contributed by atoms with E-state index in [-0.39, 0.29) is 5.91 Å². The number of benzene rings is 1. The molecule has 3 nitrogen and oxygen atoms in total. The van der Waals surface area contributed by atoms with Gasteiger partial charge >= 0.3 is 0 Å². The van der Waals surface area contributed by atoms with Crippen molar-refractivity contribution in [2.24, 2.45) is 5.92 Å². The van der Waals surface area contributed by atoms with Crippen molar-refractivity contribution < 1.29 is 9.53 Å². The molecule has 2 rings (SSSR count). The van der Waals surface area contributed by atoms with E-state index in [4.69, 9.17) is 4.74 Å². The van der Waals surface area contributed by atoms with Crippen LogP contribution in [0, 0.1) is 5.92 Å². The highest BCUT2D eigenvalue weighted by atomic mass is 16.5. The van der Waals surface area contributed by atoms with E-state index in [0.29, 0.717) is 12.5 Å². The molecule has 1 heterocycles. The summed E-state index contributed by atoms with van der Waals surface area (Å²) in [5.41, 5.74) is 0.757. The highest BCUT2D eigenvalue weighted by Crippen LogP contribution is 2.19. The van der Waals surface area contributed by atoms with Gasteiger partial charge in [-0.2, -0.15) is 0 Å². The van der Waals surface area contributed by atoms with Crippen molar-refractivity contribution >= 4 is 5.91 Å². The fourth-order valence-electron chi connectivity index (χ4n) is 2.42. The summed E-state index contributed by atoms with van der Waals surface area (Å²) in [7, 11) is 0. The van der Waals surface area contributed by atoms with E-state index in [1.807, 2.05) is 36.1 Å². The lowest BCUT2D eigenvalue weighted by Crippen LogP contribution is -2.39. The van der Waals surface area contributed by atoms with Crippen LogP contribution in [0.3, 0.4) is 0 Å². The van der Waals surface area contributed by atoms with Gasteiger partial charge < -0.3 is 9.64 Å². The van der Waals surface area contributed by atoms with Gasteiger partial charge in [0.1, 0.15) is 5.75 Å². The summed E-state index contributed by atoms with van der Waals surface area (Å²) in [6.07, 6.45) is 2.34. The second-order valence-corrected chi connectivity index (χ2v) is 4.96. The van der Waals surface area contributed by atoms with Gasteiger partial charge in [0, 0.05) is 18.7 Å². The van der Waals surface area contributed by atoms with Crippen LogP contribution in [-0.2, 0) is 0 Å². The number of hydrogen-bond acceptors (Lipinski definition) is 2. The number of piperidine rings is 1. The maximum absolute atomic E-state index is 12.3. The Morgan fingerprint density at radius 3 is 2.72 bits per heavy atom. The molecule has 0 bridgehead atoms. The molecule has 1 amide bonds. The molecule has 0 spiro atoms. The average molecular weight is 247 g/mol. The van der Waals surface area contributed by atoms with Crippen LogP contribution in [0.1, 0.15) is 37.0 Å². The summed E-state index contributed by atoms with van der Waals surface area (Å²) in [5, 5.41) is 0. The first-order valence-electron chi connectivity index (χ1n) is 6.73. The molecule has 1 aromatic carbocycles. The number of amides is 1. The zero-order valence-corrected chi connectivity index (χ0v) is 11.2. The Morgan fingerprint density at radius 1 is 1.39 bits per heavy atom. The summed E-state index contributed by atoms with van der Waals surface area (Å²) in [4.78, 5) is 14.3. The Bertz CT molecular complexity index is 399. The number of rotatable bonds is 3. The van der Waals surface area contributed by atoms with E-state index >= 15 is 0 Å². The van der Waals surface area contributed by atoms with Crippen LogP contribution in [0.15, 0.2) is 24.3 Å². The Balaban J connectivity index is 2.03. The normalized spacial score (nSPS) is 19.7. The van der Waals surface area contributed by atoms with Crippen molar-refractivity contribution in [1.29, 1.82) is 0 Å². The fourth-order valence-corrected chi connectivity index (χ4v) is 2.42. The highest BCUT2D eigenvalue weighted by molar-refractivity contribution is 5.94. The Morgan fingerprint density at radius 2 is 2.11 bits per heavy atom. The summed E-state index contributed by atoms with van der Waals surface area (Å²) in [5.74, 6) is 1.58. The number of hydrogen-bond donors (Lipinski definition) is 0. The predicted molar refractivity (Wildman–Crippen MR) is 71.9 cm³/mol. The number of likely N-dealkylation sites (tertiary alicyclic amines) is 1. The van der Waals surface area contributed by atoms with Gasteiger partial charge in [0.05, 0.1) is 6.61 Å². The Kier molecular flexibility index (Phi) is 4.24. The summed E-state index contributed by atoms with van der Waals surface area (Å²) in [6, 6.07) is 7.44. The van der Waals surface area contributed by atoms with Crippen LogP contribution in [0.4, 0.5) is 0 Å². The smallest absolute Gasteiger partial charge is 0.253 e. The van der Waals surface area contributed by atoms with Crippen LogP contribution in [0.2, 0.25) is 0 Å². The van der Waals surface area contributed by atoms with Crippen molar-refractivity contribution in [2.45, 2.75) is 26.7 Å². The number of ether oxygens (including phenoxy) is 1. The van der Waals surface area contributed by atoms with Gasteiger partial charge in [-0.15, -0.1) is 0 Å². The SMILES string of the molecule is CCOc1ccc(C(=O)N2CCC[C@@H](C)C2)cc1. The zero-order valence-electron chi connectivity index (χ0n) is 11.2. The maximum Gasteiger partial charge on any atom is 0.253 e. The lowest BCUT2D eigenvalue weighted by Gasteiger charge is -2.31. The molecule has 0 aliphatic carbocycles. The molecule has 0 radical (unpaired) electrons. The molecule has 18 heavy (non-hydrogen) atoms. The van der Waals surface area contributed by atoms with E-state index in [9.17, 15) is 4.79 Å². The molecule has 1 aliphatic rings. The molecule has 1 aromatic rings. The third kappa shape index (κ3) is 3.03. The van der Waals surface area contributed by atoms with E-state index in [2.05, 4.69) is 6.92 Å². The topological polar surface area (TPSA) is 29.5 Å². The summed E-state index contributed by atoms with van der Waals surface area (Å²) in [6.45, 7) is 6.57. The average Bonchev–Trinajstić information content (AvgIpc) is 2.39. The minimum atomic E-state index is 0.143. The van der Waals surface area contributed by atoms with Crippen molar-refractivity contribution in [3.8, 4) is 5.75 Å². The molecule has 0 aromatic heterocycles. The van der Waals surface area contributed by atoms with Gasteiger partial charge in [0.25, 0.3) is 5.91 Å². The second kappa shape index (κ2) is 5.89. The zero-order chi connectivity index (χ0) is 13.0. The maximum atomic E-state index is 12.3. The third-order valence-corrected chi connectivity index (χ3v) is 3.36. The lowest BCUT2D eigenvalue weighted by atomic mass is 9.99. The largest absolute Gasteiger partial charge is 0.494 e. The molecule has 0 unspecified atom stereocenters. The highest BCUT2D eigenvalue weighted by Gasteiger charge is 2.21. The number of carbonyl (C=O) groups is 1. The van der Waals surface area contributed by atoms with E-state index in [1.165, 1.54) is 6.42 Å². The molecular formula is C15H21NO2. The van der Waals surface area contributed by atoms with Gasteiger partial charge in [0.2, 0.25) is 0 Å². The van der Waals surface area contributed by atoms with Crippen molar-refractivity contribution in [1.82, 2.24) is 4.90 Å². The standard InChI is InChI=1S/C15H21NO2/c1-3-18-14-8-6-13(7-9-14)15(17)16-10-4-5-12(2)11-16/h6-9,12H,3-5,10-11H2,1-2H3/t12-/m1/s1. The minimum absolute atomic E-state index is 0.143. The van der Waals surface area contributed by atoms with Crippen LogP contribution < -0.4 is 4.74 Å². The van der Waals surface area contributed by atoms with Crippen molar-refractivity contribution in [3.63, 3.8) is 0 Å². The van der Waals surface area contributed by atoms with Gasteiger partial charge in [-0.25, -0.2) is 0 Å². The third-order valence-electron chi connectivity index (χ3n) is 3.36. The first-order chi connectivity index (χ1) is 8.70. The molecular weight excluding hydrogens is 226 g/mol. The Hall–Kier alpha value is -1.51. The molecule has 1 aliphatic heterocycles. The van der Waals surface area contributed by atoms with Crippen LogP contribution >= 0.6 is 0 Å². The van der Waals surface area contributed by atoms with Gasteiger partial charge in [0.15, 0.2) is 0 Å². The predicted octanol–water partition coefficient (Wildman–Crippen LogP) is 2.96. The molecule has 1 fully saturated rings. The molecule has 3 heteroatoms. The first-order valence-corrected chi connectivity index (χ1v) is 6.73. The van der Waals surface area contributed by atoms with Crippen molar-refractivity contribution in [2.75, 3.05) is 19.7 Å². The van der Waals surface area contributed by atoms with Crippen LogP contribution in [0.25, 0.3) is 0 Å². The fraction of sp³-hybridized carbons (Fsp3) is 0.533. The summed E-state index contributed by atoms with van der Waals surface area (Å²) >= 11 is 0. The van der Waals surface area contributed by atoms with Gasteiger partial charge in [-0.3, -0.25) is 4.79 Å². The Labute approximate surface area is 109 Å². The van der Waals surface area contributed by atoms with E-state index in [1.54, 1.807) is 0 Å².